The lowest BCUT2D eigenvalue weighted by Gasteiger charge is -2.18. The number of rotatable bonds is 1. The summed E-state index contributed by atoms with van der Waals surface area (Å²) in [5, 5.41) is 5.32. The molecule has 0 spiro atoms. The third-order valence-electron chi connectivity index (χ3n) is 6.16. The lowest BCUT2D eigenvalue weighted by Crippen LogP contribution is -2.10. The topological polar surface area (TPSA) is 4.93 Å². The van der Waals surface area contributed by atoms with E-state index in [1.807, 2.05) is 11.3 Å². The van der Waals surface area contributed by atoms with Gasteiger partial charge < -0.3 is 4.57 Å². The van der Waals surface area contributed by atoms with E-state index in [1.165, 1.54) is 53.2 Å². The van der Waals surface area contributed by atoms with Crippen molar-refractivity contribution in [1.82, 2.24) is 4.57 Å². The molecule has 2 heteroatoms. The summed E-state index contributed by atoms with van der Waals surface area (Å²) in [7, 11) is 0. The first kappa shape index (κ1) is 17.7. The van der Waals surface area contributed by atoms with Crippen molar-refractivity contribution in [2.24, 2.45) is 0 Å². The van der Waals surface area contributed by atoms with Crippen LogP contribution in [0, 0.1) is 0 Å². The average molecular weight is 406 g/mol. The molecule has 146 valence electrons. The van der Waals surface area contributed by atoms with Gasteiger partial charge >= 0.3 is 0 Å². The van der Waals surface area contributed by atoms with Gasteiger partial charge in [-0.05, 0) is 53.4 Å². The van der Waals surface area contributed by atoms with Gasteiger partial charge in [-0.3, -0.25) is 0 Å². The second-order valence-corrected chi connectivity index (χ2v) is 10.2. The van der Waals surface area contributed by atoms with Crippen LogP contribution in [0.1, 0.15) is 26.3 Å². The average Bonchev–Trinajstić information content (AvgIpc) is 3.28. The number of aromatic nitrogens is 1. The molecule has 0 atom stereocenters. The number of benzene rings is 4. The molecule has 0 bridgehead atoms. The Kier molecular flexibility index (Phi) is 3.66. The van der Waals surface area contributed by atoms with E-state index in [0.29, 0.717) is 0 Å². The van der Waals surface area contributed by atoms with Gasteiger partial charge in [-0.2, -0.15) is 0 Å². The molecule has 0 saturated carbocycles. The van der Waals surface area contributed by atoms with Crippen LogP contribution in [0.5, 0.6) is 0 Å². The molecule has 4 aromatic carbocycles. The highest BCUT2D eigenvalue weighted by Crippen LogP contribution is 2.39. The molecule has 0 radical (unpaired) electrons. The number of nitrogens with zero attached hydrogens (tertiary/aromatic N) is 1. The Morgan fingerprint density at radius 1 is 0.600 bits per heavy atom. The molecule has 0 amide bonds. The van der Waals surface area contributed by atoms with Crippen molar-refractivity contribution >= 4 is 53.3 Å². The Hall–Kier alpha value is -3.10. The Bertz CT molecular complexity index is 1520. The molecule has 0 aliphatic heterocycles. The highest BCUT2D eigenvalue weighted by atomic mass is 32.1. The van der Waals surface area contributed by atoms with Gasteiger partial charge in [-0.25, -0.2) is 0 Å². The Balaban J connectivity index is 1.68. The van der Waals surface area contributed by atoms with Crippen molar-refractivity contribution in [3.05, 3.63) is 90.5 Å². The first-order valence-electron chi connectivity index (χ1n) is 10.5. The first-order chi connectivity index (χ1) is 14.5. The third-order valence-corrected chi connectivity index (χ3v) is 7.31. The first-order valence-corrected chi connectivity index (χ1v) is 11.3. The van der Waals surface area contributed by atoms with Crippen molar-refractivity contribution < 1.29 is 0 Å². The van der Waals surface area contributed by atoms with Crippen LogP contribution in [0.3, 0.4) is 0 Å². The molecule has 0 unspecified atom stereocenters. The summed E-state index contributed by atoms with van der Waals surface area (Å²) in [6, 6.07) is 31.3. The smallest absolute Gasteiger partial charge is 0.0541 e. The highest BCUT2D eigenvalue weighted by Gasteiger charge is 2.17. The van der Waals surface area contributed by atoms with E-state index in [-0.39, 0.29) is 5.41 Å². The van der Waals surface area contributed by atoms with Crippen molar-refractivity contribution in [2.75, 3.05) is 0 Å². The minimum atomic E-state index is 0.146. The quantitative estimate of drug-likeness (QED) is 0.258. The van der Waals surface area contributed by atoms with Crippen LogP contribution >= 0.6 is 11.3 Å². The van der Waals surface area contributed by atoms with Crippen LogP contribution in [0.25, 0.3) is 47.7 Å². The molecule has 2 heterocycles. The molecular formula is C28H23NS. The molecule has 0 saturated heterocycles. The van der Waals surface area contributed by atoms with Crippen LogP contribution < -0.4 is 0 Å². The molecule has 6 rings (SSSR count). The molecule has 30 heavy (non-hydrogen) atoms. The highest BCUT2D eigenvalue weighted by molar-refractivity contribution is 7.25. The lowest BCUT2D eigenvalue weighted by atomic mass is 9.86. The van der Waals surface area contributed by atoms with E-state index in [1.54, 1.807) is 0 Å². The third kappa shape index (κ3) is 2.54. The fourth-order valence-electron chi connectivity index (χ4n) is 4.57. The van der Waals surface area contributed by atoms with Gasteiger partial charge in [0.05, 0.1) is 11.0 Å². The SMILES string of the molecule is CC(C)(C)c1ccc2sc3ccc(-n4c5ccccc5c5ccccc54)cc3c2c1. The summed E-state index contributed by atoms with van der Waals surface area (Å²) >= 11 is 1.88. The maximum absolute atomic E-state index is 2.40. The number of fused-ring (bicyclic) bond motifs is 6. The summed E-state index contributed by atoms with van der Waals surface area (Å²) < 4.78 is 5.11. The fourth-order valence-corrected chi connectivity index (χ4v) is 5.64. The van der Waals surface area contributed by atoms with Gasteiger partial charge in [-0.15, -0.1) is 11.3 Å². The summed E-state index contributed by atoms with van der Waals surface area (Å²) in [5.41, 5.74) is 5.27. The van der Waals surface area contributed by atoms with Crippen LogP contribution in [-0.4, -0.2) is 4.57 Å². The number of thiophene rings is 1. The van der Waals surface area contributed by atoms with E-state index >= 15 is 0 Å². The molecule has 2 aromatic heterocycles. The van der Waals surface area contributed by atoms with Crippen LogP contribution in [0.15, 0.2) is 84.9 Å². The van der Waals surface area contributed by atoms with E-state index < -0.39 is 0 Å². The van der Waals surface area contributed by atoms with Gasteiger partial charge in [0.2, 0.25) is 0 Å². The van der Waals surface area contributed by atoms with Crippen LogP contribution in [0.2, 0.25) is 0 Å². The van der Waals surface area contributed by atoms with E-state index in [9.17, 15) is 0 Å². The Morgan fingerprint density at radius 2 is 1.17 bits per heavy atom. The molecule has 0 fully saturated rings. The largest absolute Gasteiger partial charge is 0.309 e. The minimum Gasteiger partial charge on any atom is -0.309 e. The number of hydrogen-bond donors (Lipinski definition) is 0. The summed E-state index contributed by atoms with van der Waals surface area (Å²) in [4.78, 5) is 0. The van der Waals surface area contributed by atoms with Crippen molar-refractivity contribution in [3.63, 3.8) is 0 Å². The lowest BCUT2D eigenvalue weighted by molar-refractivity contribution is 0.591. The standard InChI is InChI=1S/C28H23NS/c1-28(2,3)18-12-14-26-22(16-18)23-17-19(13-15-27(23)30-26)29-24-10-6-4-8-20(24)21-9-5-7-11-25(21)29/h4-17H,1-3H3. The fraction of sp³-hybridized carbons (Fsp3) is 0.143. The summed E-state index contributed by atoms with van der Waals surface area (Å²) in [6.45, 7) is 6.85. The molecular weight excluding hydrogens is 382 g/mol. The Morgan fingerprint density at radius 3 is 1.80 bits per heavy atom. The van der Waals surface area contributed by atoms with Gasteiger partial charge in [0.1, 0.15) is 0 Å². The predicted molar refractivity (Wildman–Crippen MR) is 132 cm³/mol. The van der Waals surface area contributed by atoms with E-state index in [2.05, 4.69) is 110 Å². The summed E-state index contributed by atoms with van der Waals surface area (Å²) in [6.07, 6.45) is 0. The van der Waals surface area contributed by atoms with Gasteiger partial charge in [0.25, 0.3) is 0 Å². The Labute approximate surface area is 180 Å². The molecule has 6 aromatic rings. The zero-order valence-electron chi connectivity index (χ0n) is 17.4. The van der Waals surface area contributed by atoms with E-state index in [4.69, 9.17) is 0 Å². The monoisotopic (exact) mass is 405 g/mol. The van der Waals surface area contributed by atoms with Crippen molar-refractivity contribution in [2.45, 2.75) is 26.2 Å². The zero-order valence-corrected chi connectivity index (χ0v) is 18.3. The molecule has 0 aliphatic carbocycles. The molecule has 0 aliphatic rings. The summed E-state index contributed by atoms with van der Waals surface area (Å²) in [5.74, 6) is 0. The molecule has 0 N–H and O–H groups in total. The van der Waals surface area contributed by atoms with Crippen LogP contribution in [-0.2, 0) is 5.41 Å². The van der Waals surface area contributed by atoms with Crippen molar-refractivity contribution in [3.8, 4) is 5.69 Å². The van der Waals surface area contributed by atoms with Gasteiger partial charge in [0.15, 0.2) is 0 Å². The number of para-hydroxylation sites is 2. The maximum Gasteiger partial charge on any atom is 0.0541 e. The normalized spacial score (nSPS) is 12.5. The predicted octanol–water partition coefficient (Wildman–Crippen LogP) is 8.45. The van der Waals surface area contributed by atoms with Gasteiger partial charge in [0, 0.05) is 36.6 Å². The van der Waals surface area contributed by atoms with Gasteiger partial charge in [-0.1, -0.05) is 63.2 Å². The maximum atomic E-state index is 2.40. The van der Waals surface area contributed by atoms with Crippen molar-refractivity contribution in [1.29, 1.82) is 0 Å². The number of hydrogen-bond acceptors (Lipinski definition) is 1. The van der Waals surface area contributed by atoms with E-state index in [0.717, 1.165) is 0 Å². The zero-order chi connectivity index (χ0) is 20.5. The second-order valence-electron chi connectivity index (χ2n) is 9.11. The molecule has 1 nitrogen and oxygen atoms in total. The minimum absolute atomic E-state index is 0.146. The van der Waals surface area contributed by atoms with Crippen LogP contribution in [0.4, 0.5) is 0 Å². The second kappa shape index (κ2) is 6.20.